The van der Waals surface area contributed by atoms with E-state index in [1.807, 2.05) is 43.3 Å². The average Bonchev–Trinajstić information content (AvgIpc) is 2.20. The molecule has 0 saturated carbocycles. The fourth-order valence-electron chi connectivity index (χ4n) is 1.50. The van der Waals surface area contributed by atoms with Gasteiger partial charge in [0.25, 0.3) is 5.56 Å². The van der Waals surface area contributed by atoms with Crippen LogP contribution in [0.25, 0.3) is 16.8 Å². The van der Waals surface area contributed by atoms with E-state index in [4.69, 9.17) is 0 Å². The van der Waals surface area contributed by atoms with E-state index in [-0.39, 0.29) is 5.56 Å². The number of aromatic amines is 1. The van der Waals surface area contributed by atoms with Gasteiger partial charge in [0.15, 0.2) is 0 Å². The summed E-state index contributed by atoms with van der Waals surface area (Å²) in [5, 5.41) is 1.71. The highest BCUT2D eigenvalue weighted by Crippen LogP contribution is 2.12. The molecular weight excluding hydrogens is 174 g/mol. The molecule has 0 bridgehead atoms. The number of H-pyrrole nitrogens is 1. The Bertz CT molecular complexity index is 537. The zero-order valence-corrected chi connectivity index (χ0v) is 7.95. The van der Waals surface area contributed by atoms with E-state index in [0.717, 1.165) is 16.3 Å². The van der Waals surface area contributed by atoms with E-state index < -0.39 is 0 Å². The first-order valence-corrected chi connectivity index (χ1v) is 4.55. The van der Waals surface area contributed by atoms with Gasteiger partial charge in [0.1, 0.15) is 0 Å². The monoisotopic (exact) mass is 185 g/mol. The molecule has 0 amide bonds. The smallest absolute Gasteiger partial charge is 0.255 e. The van der Waals surface area contributed by atoms with Crippen molar-refractivity contribution in [2.24, 2.45) is 0 Å². The Labute approximate surface area is 81.9 Å². The van der Waals surface area contributed by atoms with Crippen LogP contribution in [0.15, 0.2) is 41.3 Å². The number of pyridine rings is 1. The van der Waals surface area contributed by atoms with Gasteiger partial charge in [0.05, 0.1) is 0 Å². The lowest BCUT2D eigenvalue weighted by Gasteiger charge is -1.97. The van der Waals surface area contributed by atoms with Crippen molar-refractivity contribution in [3.8, 4) is 0 Å². The Hall–Kier alpha value is -1.83. The first-order chi connectivity index (χ1) is 6.81. The number of hydrogen-bond acceptors (Lipinski definition) is 1. The van der Waals surface area contributed by atoms with Crippen LogP contribution in [0.3, 0.4) is 0 Å². The van der Waals surface area contributed by atoms with Crippen LogP contribution in [0.2, 0.25) is 0 Å². The molecule has 1 N–H and O–H groups in total. The number of benzene rings is 1. The SMILES string of the molecule is C/C=C/c1ccc2cc[nH]c(=O)c2c1. The normalized spacial score (nSPS) is 11.2. The minimum atomic E-state index is -0.0335. The van der Waals surface area contributed by atoms with Crippen molar-refractivity contribution in [2.75, 3.05) is 0 Å². The van der Waals surface area contributed by atoms with Gasteiger partial charge in [0.2, 0.25) is 0 Å². The molecule has 0 radical (unpaired) electrons. The van der Waals surface area contributed by atoms with Crippen molar-refractivity contribution < 1.29 is 0 Å². The van der Waals surface area contributed by atoms with Crippen LogP contribution in [-0.2, 0) is 0 Å². The molecule has 0 aliphatic rings. The van der Waals surface area contributed by atoms with E-state index in [1.165, 1.54) is 0 Å². The highest BCUT2D eigenvalue weighted by Gasteiger charge is 1.97. The second-order valence-electron chi connectivity index (χ2n) is 3.15. The molecule has 0 atom stereocenters. The van der Waals surface area contributed by atoms with Gasteiger partial charge in [-0.2, -0.15) is 0 Å². The first kappa shape index (κ1) is 8.75. The molecule has 0 aliphatic carbocycles. The second kappa shape index (κ2) is 3.50. The number of allylic oxidation sites excluding steroid dienone is 1. The summed E-state index contributed by atoms with van der Waals surface area (Å²) in [5.41, 5.74) is 1.02. The van der Waals surface area contributed by atoms with E-state index >= 15 is 0 Å². The van der Waals surface area contributed by atoms with Crippen LogP contribution < -0.4 is 5.56 Å². The summed E-state index contributed by atoms with van der Waals surface area (Å²) in [6.07, 6.45) is 5.60. The Balaban J connectivity index is 2.76. The maximum atomic E-state index is 11.5. The van der Waals surface area contributed by atoms with Gasteiger partial charge in [-0.25, -0.2) is 0 Å². The molecule has 0 fully saturated rings. The van der Waals surface area contributed by atoms with Crippen LogP contribution >= 0.6 is 0 Å². The molecule has 0 aliphatic heterocycles. The topological polar surface area (TPSA) is 32.9 Å². The molecule has 1 heterocycles. The van der Waals surface area contributed by atoms with E-state index in [0.29, 0.717) is 0 Å². The number of hydrogen-bond donors (Lipinski definition) is 1. The summed E-state index contributed by atoms with van der Waals surface area (Å²) in [6.45, 7) is 1.96. The minimum Gasteiger partial charge on any atom is -0.329 e. The fourth-order valence-corrected chi connectivity index (χ4v) is 1.50. The summed E-state index contributed by atoms with van der Waals surface area (Å²) in [5.74, 6) is 0. The molecule has 0 unspecified atom stereocenters. The predicted molar refractivity (Wildman–Crippen MR) is 59.3 cm³/mol. The molecule has 2 heteroatoms. The molecule has 2 aromatic rings. The van der Waals surface area contributed by atoms with Crippen molar-refractivity contribution in [2.45, 2.75) is 6.92 Å². The van der Waals surface area contributed by atoms with Gasteiger partial charge >= 0.3 is 0 Å². The zero-order chi connectivity index (χ0) is 9.97. The lowest BCUT2D eigenvalue weighted by Crippen LogP contribution is -2.04. The number of nitrogens with one attached hydrogen (secondary N) is 1. The van der Waals surface area contributed by atoms with Crippen molar-refractivity contribution in [3.63, 3.8) is 0 Å². The third-order valence-corrected chi connectivity index (χ3v) is 2.16. The van der Waals surface area contributed by atoms with Crippen LogP contribution in [0.4, 0.5) is 0 Å². The van der Waals surface area contributed by atoms with Gasteiger partial charge in [-0.05, 0) is 30.0 Å². The summed E-state index contributed by atoms with van der Waals surface area (Å²) in [4.78, 5) is 14.1. The maximum absolute atomic E-state index is 11.5. The largest absolute Gasteiger partial charge is 0.329 e. The number of aromatic nitrogens is 1. The predicted octanol–water partition coefficient (Wildman–Crippen LogP) is 2.56. The summed E-state index contributed by atoms with van der Waals surface area (Å²) >= 11 is 0. The molecule has 2 rings (SSSR count). The molecular formula is C12H11NO. The Kier molecular flexibility index (Phi) is 2.19. The lowest BCUT2D eigenvalue weighted by atomic mass is 10.1. The summed E-state index contributed by atoms with van der Waals surface area (Å²) in [7, 11) is 0. The number of fused-ring (bicyclic) bond motifs is 1. The molecule has 14 heavy (non-hydrogen) atoms. The van der Waals surface area contributed by atoms with Crippen molar-refractivity contribution in [3.05, 3.63) is 52.5 Å². The molecule has 0 spiro atoms. The van der Waals surface area contributed by atoms with Crippen LogP contribution in [0.5, 0.6) is 0 Å². The average molecular weight is 185 g/mol. The zero-order valence-electron chi connectivity index (χ0n) is 7.95. The third-order valence-electron chi connectivity index (χ3n) is 2.16. The van der Waals surface area contributed by atoms with E-state index in [2.05, 4.69) is 4.98 Å². The molecule has 1 aromatic heterocycles. The van der Waals surface area contributed by atoms with Crippen LogP contribution in [-0.4, -0.2) is 4.98 Å². The number of rotatable bonds is 1. The highest BCUT2D eigenvalue weighted by atomic mass is 16.1. The lowest BCUT2D eigenvalue weighted by molar-refractivity contribution is 1.28. The molecule has 1 aromatic carbocycles. The quantitative estimate of drug-likeness (QED) is 0.727. The summed E-state index contributed by atoms with van der Waals surface area (Å²) < 4.78 is 0. The molecule has 70 valence electrons. The van der Waals surface area contributed by atoms with E-state index in [1.54, 1.807) is 6.20 Å². The molecule has 2 nitrogen and oxygen atoms in total. The van der Waals surface area contributed by atoms with Crippen molar-refractivity contribution in [1.82, 2.24) is 4.98 Å². The Morgan fingerprint density at radius 1 is 1.29 bits per heavy atom. The van der Waals surface area contributed by atoms with Crippen molar-refractivity contribution >= 4 is 16.8 Å². The van der Waals surface area contributed by atoms with Crippen molar-refractivity contribution in [1.29, 1.82) is 0 Å². The minimum absolute atomic E-state index is 0.0335. The highest BCUT2D eigenvalue weighted by molar-refractivity contribution is 5.83. The third kappa shape index (κ3) is 1.46. The van der Waals surface area contributed by atoms with Gasteiger partial charge < -0.3 is 4.98 Å². The van der Waals surface area contributed by atoms with Gasteiger partial charge in [-0.1, -0.05) is 24.3 Å². The Morgan fingerprint density at radius 2 is 2.14 bits per heavy atom. The maximum Gasteiger partial charge on any atom is 0.255 e. The van der Waals surface area contributed by atoms with Crippen LogP contribution in [0.1, 0.15) is 12.5 Å². The van der Waals surface area contributed by atoms with Gasteiger partial charge in [-0.15, -0.1) is 0 Å². The van der Waals surface area contributed by atoms with E-state index in [9.17, 15) is 4.79 Å². The first-order valence-electron chi connectivity index (χ1n) is 4.55. The van der Waals surface area contributed by atoms with Gasteiger partial charge in [-0.3, -0.25) is 4.79 Å². The summed E-state index contributed by atoms with van der Waals surface area (Å²) in [6, 6.07) is 7.76. The van der Waals surface area contributed by atoms with Crippen LogP contribution in [0, 0.1) is 0 Å². The molecule has 0 saturated heterocycles. The second-order valence-corrected chi connectivity index (χ2v) is 3.15. The standard InChI is InChI=1S/C12H11NO/c1-2-3-9-4-5-10-6-7-13-12(14)11(10)8-9/h2-8H,1H3,(H,13,14)/b3-2+. The fraction of sp³-hybridized carbons (Fsp3) is 0.0833. The Morgan fingerprint density at radius 3 is 2.93 bits per heavy atom. The van der Waals surface area contributed by atoms with Gasteiger partial charge in [0, 0.05) is 11.6 Å².